The summed E-state index contributed by atoms with van der Waals surface area (Å²) in [6.07, 6.45) is 2.65. The molecule has 1 unspecified atom stereocenters. The number of thioether (sulfide) groups is 1. The molecule has 1 atom stereocenters. The van der Waals surface area contributed by atoms with Crippen molar-refractivity contribution in [3.8, 4) is 0 Å². The minimum Gasteiger partial charge on any atom is -0.481 e. The van der Waals surface area contributed by atoms with E-state index in [4.69, 9.17) is 5.11 Å². The zero-order chi connectivity index (χ0) is 23.1. The van der Waals surface area contributed by atoms with Crippen LogP contribution in [0.1, 0.15) is 44.6 Å². The predicted octanol–water partition coefficient (Wildman–Crippen LogP) is 4.92. The van der Waals surface area contributed by atoms with Crippen LogP contribution in [0.25, 0.3) is 10.2 Å². The molecule has 170 valence electrons. The minimum absolute atomic E-state index is 0.112. The van der Waals surface area contributed by atoms with Crippen molar-refractivity contribution in [1.82, 2.24) is 9.55 Å². The van der Waals surface area contributed by atoms with Gasteiger partial charge in [-0.3, -0.25) is 19.0 Å². The van der Waals surface area contributed by atoms with Crippen molar-refractivity contribution in [2.45, 2.75) is 62.9 Å². The Kier molecular flexibility index (Phi) is 8.46. The number of amides is 1. The molecule has 1 amide bonds. The Morgan fingerprint density at radius 1 is 1.19 bits per heavy atom. The minimum atomic E-state index is -0.814. The number of carbonyl (C=O) groups excluding carboxylic acids is 1. The second-order valence-corrected chi connectivity index (χ2v) is 9.65. The normalized spacial score (nSPS) is 12.1. The fourth-order valence-corrected chi connectivity index (χ4v) is 5.06. The summed E-state index contributed by atoms with van der Waals surface area (Å²) in [5, 5.41) is 13.7. The van der Waals surface area contributed by atoms with Gasteiger partial charge < -0.3 is 10.4 Å². The van der Waals surface area contributed by atoms with Gasteiger partial charge in [-0.2, -0.15) is 0 Å². The molecular weight excluding hydrogens is 446 g/mol. The molecule has 2 aromatic heterocycles. The van der Waals surface area contributed by atoms with Crippen LogP contribution >= 0.6 is 23.1 Å². The number of hydrogen-bond acceptors (Lipinski definition) is 6. The summed E-state index contributed by atoms with van der Waals surface area (Å²) in [6, 6.07) is 9.44. The van der Waals surface area contributed by atoms with Gasteiger partial charge in [0.15, 0.2) is 5.16 Å². The summed E-state index contributed by atoms with van der Waals surface area (Å²) in [5.41, 5.74) is 2.37. The predicted molar refractivity (Wildman–Crippen MR) is 130 cm³/mol. The lowest BCUT2D eigenvalue weighted by molar-refractivity contribution is -0.137. The van der Waals surface area contributed by atoms with Crippen LogP contribution in [-0.4, -0.2) is 31.8 Å². The highest BCUT2D eigenvalue weighted by Crippen LogP contribution is 2.27. The van der Waals surface area contributed by atoms with Crippen LogP contribution in [0.5, 0.6) is 0 Å². The quantitative estimate of drug-likeness (QED) is 0.233. The van der Waals surface area contributed by atoms with Gasteiger partial charge >= 0.3 is 5.97 Å². The Hall–Kier alpha value is -2.65. The van der Waals surface area contributed by atoms with Crippen LogP contribution in [0.4, 0.5) is 5.69 Å². The van der Waals surface area contributed by atoms with Gasteiger partial charge in [-0.1, -0.05) is 42.8 Å². The second-order valence-electron chi connectivity index (χ2n) is 7.56. The van der Waals surface area contributed by atoms with Crippen LogP contribution in [-0.2, 0) is 16.1 Å². The third-order valence-corrected chi connectivity index (χ3v) is 7.28. The molecule has 1 aromatic carbocycles. The fraction of sp³-hybridized carbons (Fsp3) is 0.391. The van der Waals surface area contributed by atoms with Crippen molar-refractivity contribution in [3.63, 3.8) is 0 Å². The van der Waals surface area contributed by atoms with E-state index >= 15 is 0 Å². The van der Waals surface area contributed by atoms with Crippen molar-refractivity contribution in [2.24, 2.45) is 0 Å². The molecule has 3 aromatic rings. The standard InChI is InChI=1S/C23H27N3O4S2/c1-3-18(21(29)24-16-10-8-15(2)9-11-16)32-23-25-17-12-14-31-20(17)22(30)26(23)13-6-4-5-7-19(27)28/h8-12,14,18H,3-7,13H2,1-2H3,(H,24,29)(H,27,28). The molecule has 3 rings (SSSR count). The summed E-state index contributed by atoms with van der Waals surface area (Å²) in [6.45, 7) is 4.37. The third kappa shape index (κ3) is 6.20. The van der Waals surface area contributed by atoms with E-state index in [0.717, 1.165) is 11.3 Å². The molecule has 0 saturated heterocycles. The molecule has 0 radical (unpaired) electrons. The highest BCUT2D eigenvalue weighted by atomic mass is 32.2. The molecule has 0 bridgehead atoms. The van der Waals surface area contributed by atoms with Gasteiger partial charge in [0.1, 0.15) is 4.70 Å². The lowest BCUT2D eigenvalue weighted by Gasteiger charge is -2.17. The number of fused-ring (bicyclic) bond motifs is 1. The molecule has 0 aliphatic rings. The summed E-state index contributed by atoms with van der Waals surface area (Å²) in [7, 11) is 0. The fourth-order valence-electron chi connectivity index (χ4n) is 3.24. The number of aryl methyl sites for hydroxylation is 1. The third-order valence-electron chi connectivity index (χ3n) is 5.03. The average molecular weight is 474 g/mol. The van der Waals surface area contributed by atoms with E-state index in [-0.39, 0.29) is 17.9 Å². The van der Waals surface area contributed by atoms with E-state index in [1.54, 1.807) is 4.57 Å². The Labute approximate surface area is 194 Å². The van der Waals surface area contributed by atoms with Gasteiger partial charge in [0, 0.05) is 18.7 Å². The molecule has 2 heterocycles. The van der Waals surface area contributed by atoms with Crippen molar-refractivity contribution in [2.75, 3.05) is 5.32 Å². The van der Waals surface area contributed by atoms with Crippen molar-refractivity contribution < 1.29 is 14.7 Å². The molecule has 9 heteroatoms. The maximum Gasteiger partial charge on any atom is 0.303 e. The second kappa shape index (κ2) is 11.3. The summed E-state index contributed by atoms with van der Waals surface area (Å²) in [5.74, 6) is -0.945. The molecule has 0 aliphatic heterocycles. The van der Waals surface area contributed by atoms with Gasteiger partial charge in [0.2, 0.25) is 5.91 Å². The van der Waals surface area contributed by atoms with E-state index in [2.05, 4.69) is 10.3 Å². The van der Waals surface area contributed by atoms with Crippen molar-refractivity contribution >= 4 is 50.9 Å². The van der Waals surface area contributed by atoms with Crippen molar-refractivity contribution in [1.29, 1.82) is 0 Å². The largest absolute Gasteiger partial charge is 0.481 e. The van der Waals surface area contributed by atoms with Crippen LogP contribution < -0.4 is 10.9 Å². The molecule has 0 spiro atoms. The summed E-state index contributed by atoms with van der Waals surface area (Å²) >= 11 is 2.65. The SMILES string of the molecule is CCC(Sc1nc2ccsc2c(=O)n1CCCCCC(=O)O)C(=O)Nc1ccc(C)cc1. The van der Waals surface area contributed by atoms with E-state index in [0.29, 0.717) is 47.6 Å². The Bertz CT molecular complexity index is 1140. The number of carbonyl (C=O) groups is 2. The molecule has 32 heavy (non-hydrogen) atoms. The van der Waals surface area contributed by atoms with Gasteiger partial charge in [0.05, 0.1) is 10.8 Å². The Morgan fingerprint density at radius 3 is 2.62 bits per heavy atom. The van der Waals surface area contributed by atoms with Crippen LogP contribution in [0.15, 0.2) is 45.7 Å². The maximum absolute atomic E-state index is 13.1. The van der Waals surface area contributed by atoms with E-state index in [1.807, 2.05) is 49.6 Å². The van der Waals surface area contributed by atoms with E-state index in [1.165, 1.54) is 23.1 Å². The first kappa shape index (κ1) is 24.0. The zero-order valence-electron chi connectivity index (χ0n) is 18.2. The number of benzene rings is 1. The number of nitrogens with one attached hydrogen (secondary N) is 1. The molecule has 0 fully saturated rings. The topological polar surface area (TPSA) is 101 Å². The number of carboxylic acid groups (broad SMARTS) is 1. The van der Waals surface area contributed by atoms with E-state index < -0.39 is 11.2 Å². The van der Waals surface area contributed by atoms with Gasteiger partial charge in [0.25, 0.3) is 5.56 Å². The number of unbranched alkanes of at least 4 members (excludes halogenated alkanes) is 2. The maximum atomic E-state index is 13.1. The highest BCUT2D eigenvalue weighted by molar-refractivity contribution is 8.00. The lowest BCUT2D eigenvalue weighted by Crippen LogP contribution is -2.28. The van der Waals surface area contributed by atoms with Crippen LogP contribution in [0, 0.1) is 6.92 Å². The molecule has 2 N–H and O–H groups in total. The first-order valence-electron chi connectivity index (χ1n) is 10.6. The van der Waals surface area contributed by atoms with Gasteiger partial charge in [-0.05, 0) is 49.8 Å². The van der Waals surface area contributed by atoms with Crippen LogP contribution in [0.3, 0.4) is 0 Å². The monoisotopic (exact) mass is 473 g/mol. The number of rotatable bonds is 11. The summed E-state index contributed by atoms with van der Waals surface area (Å²) < 4.78 is 2.23. The van der Waals surface area contributed by atoms with E-state index in [9.17, 15) is 14.4 Å². The smallest absolute Gasteiger partial charge is 0.303 e. The number of anilines is 1. The number of carboxylic acids is 1. The zero-order valence-corrected chi connectivity index (χ0v) is 19.8. The first-order valence-corrected chi connectivity index (χ1v) is 12.4. The number of aliphatic carboxylic acids is 1. The summed E-state index contributed by atoms with van der Waals surface area (Å²) in [4.78, 5) is 41.4. The number of aromatic nitrogens is 2. The Morgan fingerprint density at radius 2 is 1.94 bits per heavy atom. The van der Waals surface area contributed by atoms with Gasteiger partial charge in [-0.25, -0.2) is 4.98 Å². The molecule has 0 aliphatic carbocycles. The molecule has 7 nitrogen and oxygen atoms in total. The van der Waals surface area contributed by atoms with Crippen LogP contribution in [0.2, 0.25) is 0 Å². The van der Waals surface area contributed by atoms with Crippen molar-refractivity contribution in [3.05, 3.63) is 51.6 Å². The lowest BCUT2D eigenvalue weighted by atomic mass is 10.2. The molecule has 0 saturated carbocycles. The number of thiophene rings is 1. The average Bonchev–Trinajstić information content (AvgIpc) is 3.23. The number of nitrogens with zero attached hydrogens (tertiary/aromatic N) is 2. The number of hydrogen-bond donors (Lipinski definition) is 2. The Balaban J connectivity index is 1.78. The first-order chi connectivity index (χ1) is 15.4. The molecular formula is C23H27N3O4S2. The van der Waals surface area contributed by atoms with Gasteiger partial charge in [-0.15, -0.1) is 11.3 Å². The highest BCUT2D eigenvalue weighted by Gasteiger charge is 2.22.